The van der Waals surface area contributed by atoms with E-state index in [0.717, 1.165) is 28.4 Å². The van der Waals surface area contributed by atoms with Crippen LogP contribution in [-0.2, 0) is 6.54 Å². The van der Waals surface area contributed by atoms with Crippen molar-refractivity contribution in [1.29, 1.82) is 0 Å². The largest absolute Gasteiger partial charge is 0.388 e. The normalized spacial score (nSPS) is 10.5. The van der Waals surface area contributed by atoms with Gasteiger partial charge in [-0.2, -0.15) is 0 Å². The molecule has 10 heteroatoms. The minimum atomic E-state index is -0.580. The molecule has 2 aromatic heterocycles. The Hall–Kier alpha value is -1.81. The first-order valence-electron chi connectivity index (χ1n) is 4.60. The first kappa shape index (κ1) is 12.6. The van der Waals surface area contributed by atoms with Crippen LogP contribution in [0.2, 0.25) is 0 Å². The number of hydrogen-bond donors (Lipinski definition) is 1. The summed E-state index contributed by atoms with van der Waals surface area (Å²) < 4.78 is 4.90. The van der Waals surface area contributed by atoms with Gasteiger partial charge in [0.2, 0.25) is 0 Å². The molecule has 0 spiro atoms. The number of rotatable bonds is 3. The van der Waals surface area contributed by atoms with Crippen molar-refractivity contribution in [2.24, 2.45) is 0 Å². The lowest BCUT2D eigenvalue weighted by molar-refractivity contribution is -0.385. The maximum atomic E-state index is 11.8. The monoisotopic (exact) mass is 331 g/mol. The van der Waals surface area contributed by atoms with Crippen LogP contribution in [0.15, 0.2) is 21.5 Å². The lowest BCUT2D eigenvalue weighted by Crippen LogP contribution is -2.21. The van der Waals surface area contributed by atoms with Crippen molar-refractivity contribution in [2.75, 3.05) is 5.73 Å². The second kappa shape index (κ2) is 4.82. The van der Waals surface area contributed by atoms with E-state index in [1.165, 1.54) is 0 Å². The molecular weight excluding hydrogens is 326 g/mol. The summed E-state index contributed by atoms with van der Waals surface area (Å²) in [4.78, 5) is 21.9. The van der Waals surface area contributed by atoms with Crippen LogP contribution in [0.4, 0.5) is 10.7 Å². The summed E-state index contributed by atoms with van der Waals surface area (Å²) in [6.07, 6.45) is 1.14. The number of anilines is 1. The molecule has 18 heavy (non-hydrogen) atoms. The van der Waals surface area contributed by atoms with Gasteiger partial charge in [-0.1, -0.05) is 4.49 Å². The lowest BCUT2D eigenvalue weighted by atomic mass is 10.4. The Morgan fingerprint density at radius 3 is 2.89 bits per heavy atom. The van der Waals surface area contributed by atoms with Crippen LogP contribution in [0.25, 0.3) is 0 Å². The van der Waals surface area contributed by atoms with E-state index in [-0.39, 0.29) is 16.7 Å². The van der Waals surface area contributed by atoms with Crippen LogP contribution in [0, 0.1) is 10.1 Å². The van der Waals surface area contributed by atoms with Crippen LogP contribution < -0.4 is 11.3 Å². The quantitative estimate of drug-likeness (QED) is 0.662. The lowest BCUT2D eigenvalue weighted by Gasteiger charge is -2.04. The Kier molecular flexibility index (Phi) is 3.39. The summed E-state index contributed by atoms with van der Waals surface area (Å²) in [6.45, 7) is 0.0431. The highest BCUT2D eigenvalue weighted by Crippen LogP contribution is 2.17. The number of nitrogens with two attached hydrogens (primary N) is 1. The second-order valence-corrected chi connectivity index (χ2v) is 4.96. The topological polar surface area (TPSA) is 117 Å². The standard InChI is InChI=1S/C8H6BrN5O3S/c9-5-1-4(14(16)17)2-13(8(5)15)3-6-7(10)18-12-11-6/h1-2H,3,10H2. The number of nitrogen functional groups attached to an aromatic ring is 1. The SMILES string of the molecule is Nc1snnc1Cn1cc([N+](=O)[O-])cc(Br)c1=O. The van der Waals surface area contributed by atoms with Gasteiger partial charge in [-0.25, -0.2) is 0 Å². The maximum absolute atomic E-state index is 11.8. The van der Waals surface area contributed by atoms with Gasteiger partial charge in [-0.15, -0.1) is 5.10 Å². The smallest absolute Gasteiger partial charge is 0.286 e. The minimum absolute atomic E-state index is 0.0431. The Morgan fingerprint density at radius 2 is 2.33 bits per heavy atom. The van der Waals surface area contributed by atoms with E-state index >= 15 is 0 Å². The van der Waals surface area contributed by atoms with Crippen molar-refractivity contribution < 1.29 is 4.92 Å². The van der Waals surface area contributed by atoms with E-state index in [9.17, 15) is 14.9 Å². The number of nitro groups is 1. The van der Waals surface area contributed by atoms with Crippen molar-refractivity contribution in [3.8, 4) is 0 Å². The molecule has 0 amide bonds. The van der Waals surface area contributed by atoms with Gasteiger partial charge in [-0.3, -0.25) is 14.9 Å². The van der Waals surface area contributed by atoms with Crippen molar-refractivity contribution in [1.82, 2.24) is 14.2 Å². The van der Waals surface area contributed by atoms with Crippen LogP contribution in [0.1, 0.15) is 5.69 Å². The Bertz CT molecular complexity index is 667. The third-order valence-corrected chi connectivity index (χ3v) is 3.31. The highest BCUT2D eigenvalue weighted by molar-refractivity contribution is 9.10. The number of hydrogen-bond acceptors (Lipinski definition) is 7. The second-order valence-electron chi connectivity index (χ2n) is 3.32. The van der Waals surface area contributed by atoms with Crippen LogP contribution in [0.5, 0.6) is 0 Å². The highest BCUT2D eigenvalue weighted by atomic mass is 79.9. The Balaban J connectivity index is 2.47. The van der Waals surface area contributed by atoms with Crippen LogP contribution >= 0.6 is 27.5 Å². The number of aromatic nitrogens is 3. The molecule has 0 aliphatic rings. The summed E-state index contributed by atoms with van der Waals surface area (Å²) in [5.41, 5.74) is 5.43. The molecule has 0 radical (unpaired) electrons. The first-order valence-corrected chi connectivity index (χ1v) is 6.16. The molecule has 2 aromatic rings. The summed E-state index contributed by atoms with van der Waals surface area (Å²) >= 11 is 3.99. The highest BCUT2D eigenvalue weighted by Gasteiger charge is 2.14. The van der Waals surface area contributed by atoms with E-state index in [4.69, 9.17) is 5.73 Å². The molecule has 2 rings (SSSR count). The van der Waals surface area contributed by atoms with Gasteiger partial charge in [0, 0.05) is 17.6 Å². The third-order valence-electron chi connectivity index (χ3n) is 2.14. The van der Waals surface area contributed by atoms with E-state index in [1.807, 2.05) is 0 Å². The Labute approximate surface area is 112 Å². The molecule has 2 heterocycles. The predicted molar refractivity (Wildman–Crippen MR) is 68.5 cm³/mol. The van der Waals surface area contributed by atoms with Crippen LogP contribution in [0.3, 0.4) is 0 Å². The fourth-order valence-corrected chi connectivity index (χ4v) is 2.19. The molecular formula is C8H6BrN5O3S. The molecule has 2 N–H and O–H groups in total. The summed E-state index contributed by atoms with van der Waals surface area (Å²) in [5.74, 6) is 0. The van der Waals surface area contributed by atoms with Crippen molar-refractivity contribution in [3.05, 3.63) is 42.9 Å². The molecule has 0 fully saturated rings. The van der Waals surface area contributed by atoms with Gasteiger partial charge in [0.1, 0.15) is 10.7 Å². The van der Waals surface area contributed by atoms with Crippen LogP contribution in [-0.4, -0.2) is 19.1 Å². The van der Waals surface area contributed by atoms with Gasteiger partial charge in [0.25, 0.3) is 11.2 Å². The molecule has 0 unspecified atom stereocenters. The van der Waals surface area contributed by atoms with Gasteiger partial charge in [0.05, 0.1) is 22.1 Å². The van der Waals surface area contributed by atoms with Gasteiger partial charge in [0.15, 0.2) is 0 Å². The fourth-order valence-electron chi connectivity index (χ4n) is 1.29. The van der Waals surface area contributed by atoms with E-state index in [0.29, 0.717) is 10.7 Å². The average molecular weight is 332 g/mol. The fraction of sp³-hybridized carbons (Fsp3) is 0.125. The van der Waals surface area contributed by atoms with Crippen molar-refractivity contribution in [3.63, 3.8) is 0 Å². The van der Waals surface area contributed by atoms with E-state index < -0.39 is 10.5 Å². The molecule has 0 aromatic carbocycles. The van der Waals surface area contributed by atoms with Gasteiger partial charge in [-0.05, 0) is 15.9 Å². The number of nitrogens with zero attached hydrogens (tertiary/aromatic N) is 4. The maximum Gasteiger partial charge on any atom is 0.286 e. The molecule has 0 aliphatic heterocycles. The van der Waals surface area contributed by atoms with Crippen molar-refractivity contribution in [2.45, 2.75) is 6.54 Å². The zero-order valence-corrected chi connectivity index (χ0v) is 11.1. The molecule has 0 aliphatic carbocycles. The Morgan fingerprint density at radius 1 is 1.61 bits per heavy atom. The predicted octanol–water partition coefficient (Wildman–Crippen LogP) is 1.00. The minimum Gasteiger partial charge on any atom is -0.388 e. The number of halogens is 1. The van der Waals surface area contributed by atoms with Gasteiger partial charge < -0.3 is 10.3 Å². The average Bonchev–Trinajstić information content (AvgIpc) is 2.70. The van der Waals surface area contributed by atoms with Gasteiger partial charge >= 0.3 is 0 Å². The molecule has 0 saturated carbocycles. The first-order chi connectivity index (χ1) is 8.49. The summed E-state index contributed by atoms with van der Waals surface area (Å²) in [7, 11) is 0. The summed E-state index contributed by atoms with van der Waals surface area (Å²) in [5, 5.41) is 14.8. The zero-order chi connectivity index (χ0) is 13.3. The van der Waals surface area contributed by atoms with Crippen molar-refractivity contribution >= 4 is 38.2 Å². The zero-order valence-electron chi connectivity index (χ0n) is 8.74. The molecule has 0 atom stereocenters. The third kappa shape index (κ3) is 2.38. The summed E-state index contributed by atoms with van der Waals surface area (Å²) in [6, 6.07) is 1.15. The molecule has 8 nitrogen and oxygen atoms in total. The molecule has 0 bridgehead atoms. The van der Waals surface area contributed by atoms with E-state index in [1.54, 1.807) is 0 Å². The molecule has 94 valence electrons. The molecule has 0 saturated heterocycles. The van der Waals surface area contributed by atoms with E-state index in [2.05, 4.69) is 25.5 Å². The number of pyridine rings is 1.